The first-order chi connectivity index (χ1) is 32.0. The molecule has 0 bridgehead atoms. The molecule has 17 heteroatoms. The molecule has 0 heterocycles. The van der Waals surface area contributed by atoms with Gasteiger partial charge in [-0.3, -0.25) is 43.2 Å². The number of benzene rings is 4. The number of nitrogens with two attached hydrogens (primary N) is 1. The number of hydrogen-bond donors (Lipinski definition) is 8. The van der Waals surface area contributed by atoms with E-state index in [0.717, 1.165) is 10.8 Å². The number of rotatable bonds is 21. The second-order valence-electron chi connectivity index (χ2n) is 19.6. The van der Waals surface area contributed by atoms with Gasteiger partial charge in [0.15, 0.2) is 11.6 Å². The summed E-state index contributed by atoms with van der Waals surface area (Å²) in [5.74, 6) is -5.55. The fourth-order valence-corrected chi connectivity index (χ4v) is 6.79. The predicted molar refractivity (Wildman–Crippen MR) is 262 cm³/mol. The second kappa shape index (κ2) is 22.2. The molecule has 4 aromatic carbocycles. The zero-order chi connectivity index (χ0) is 51.6. The molecule has 7 amide bonds. The van der Waals surface area contributed by atoms with Gasteiger partial charge in [0.1, 0.15) is 34.7 Å². The van der Waals surface area contributed by atoms with Crippen molar-refractivity contribution in [1.29, 1.82) is 0 Å². The van der Waals surface area contributed by atoms with E-state index in [1.165, 1.54) is 76.2 Å². The Bertz CT molecular complexity index is 2580. The van der Waals surface area contributed by atoms with Crippen LogP contribution in [0.3, 0.4) is 0 Å². The smallest absolute Gasteiger partial charge is 0.245 e. The number of fused-ring (bicyclic) bond motifs is 1. The standard InChI is InChI=1S/C52H66N8O9/c1-30(32(3)61)54-46(67)50(6,7)59-43(64)39(28-33-21-25-37(26-22-33)41(62)36-18-13-12-14-19-36)56-48(69)52(10,11)60-44(65)40(29-34-23-24-35-17-15-16-20-38(35)27-34)57-47(68)51(8,9)58-42(63)31(2)55-45(66)49(4,5)53/h12-27,30-31,39-40H,28-29,53H2,1-11H3,(H,54,67)(H,55,66)(H,56,69)(H,57,68)(H,58,63)(H,59,64)(H,60,65). The molecule has 0 aliphatic heterocycles. The zero-order valence-electron chi connectivity index (χ0n) is 41.2. The van der Waals surface area contributed by atoms with E-state index in [0.29, 0.717) is 22.3 Å². The van der Waals surface area contributed by atoms with E-state index >= 15 is 0 Å². The Hall–Kier alpha value is -7.27. The minimum absolute atomic E-state index is 0.0463. The summed E-state index contributed by atoms with van der Waals surface area (Å²) >= 11 is 0. The van der Waals surface area contributed by atoms with Crippen molar-refractivity contribution in [2.24, 2.45) is 5.73 Å². The molecule has 0 spiro atoms. The lowest BCUT2D eigenvalue weighted by Gasteiger charge is -2.33. The quantitative estimate of drug-likeness (QED) is 0.0567. The third-order valence-corrected chi connectivity index (χ3v) is 11.5. The lowest BCUT2D eigenvalue weighted by molar-refractivity contribution is -0.139. The lowest BCUT2D eigenvalue weighted by Crippen LogP contribution is -2.65. The van der Waals surface area contributed by atoms with Crippen molar-refractivity contribution in [3.8, 4) is 0 Å². The van der Waals surface area contributed by atoms with Gasteiger partial charge in [-0.05, 0) is 98.1 Å². The van der Waals surface area contributed by atoms with Crippen LogP contribution in [0.2, 0.25) is 0 Å². The number of ketones is 2. The van der Waals surface area contributed by atoms with Gasteiger partial charge in [0.2, 0.25) is 41.4 Å². The number of nitrogens with one attached hydrogen (secondary N) is 7. The van der Waals surface area contributed by atoms with Gasteiger partial charge in [-0.1, -0.05) is 97.1 Å². The molecule has 0 aromatic heterocycles. The normalized spacial score (nSPS) is 13.6. The van der Waals surface area contributed by atoms with Crippen molar-refractivity contribution >= 4 is 63.7 Å². The van der Waals surface area contributed by atoms with Gasteiger partial charge in [-0.2, -0.15) is 0 Å². The van der Waals surface area contributed by atoms with Gasteiger partial charge in [0.05, 0.1) is 11.6 Å². The molecule has 0 radical (unpaired) electrons. The van der Waals surface area contributed by atoms with Crippen molar-refractivity contribution in [2.75, 3.05) is 0 Å². The van der Waals surface area contributed by atoms with Gasteiger partial charge in [-0.15, -0.1) is 0 Å². The topological polar surface area (TPSA) is 264 Å². The molecule has 4 rings (SSSR count). The van der Waals surface area contributed by atoms with Crippen molar-refractivity contribution in [3.05, 3.63) is 119 Å². The molecule has 17 nitrogen and oxygen atoms in total. The van der Waals surface area contributed by atoms with Crippen LogP contribution in [-0.4, -0.2) is 99.2 Å². The Kier molecular flexibility index (Phi) is 17.5. The van der Waals surface area contributed by atoms with Crippen LogP contribution in [0.5, 0.6) is 0 Å². The average molecular weight is 947 g/mol. The zero-order valence-corrected chi connectivity index (χ0v) is 41.2. The van der Waals surface area contributed by atoms with E-state index < -0.39 is 87.7 Å². The minimum Gasteiger partial charge on any atom is -0.345 e. The summed E-state index contributed by atoms with van der Waals surface area (Å²) in [5.41, 5.74) is 1.76. The van der Waals surface area contributed by atoms with Crippen molar-refractivity contribution in [1.82, 2.24) is 37.2 Å². The Morgan fingerprint density at radius 3 is 1.36 bits per heavy atom. The van der Waals surface area contributed by atoms with Crippen LogP contribution in [0.1, 0.15) is 103 Å². The molecule has 4 aromatic rings. The predicted octanol–water partition coefficient (Wildman–Crippen LogP) is 2.85. The summed E-state index contributed by atoms with van der Waals surface area (Å²) in [4.78, 5) is 121. The fourth-order valence-electron chi connectivity index (χ4n) is 6.79. The van der Waals surface area contributed by atoms with Crippen LogP contribution in [-0.2, 0) is 51.2 Å². The highest BCUT2D eigenvalue weighted by molar-refractivity contribution is 6.09. The minimum atomic E-state index is -1.74. The maximum absolute atomic E-state index is 14.4. The summed E-state index contributed by atoms with van der Waals surface area (Å²) < 4.78 is 0. The van der Waals surface area contributed by atoms with Crippen molar-refractivity contribution in [2.45, 2.75) is 135 Å². The number of carbonyl (C=O) groups excluding carboxylic acids is 9. The SMILES string of the molecule is CC(=O)C(C)NC(=O)C(C)(C)NC(=O)C(Cc1ccc(C(=O)c2ccccc2)cc1)NC(=O)C(C)(C)NC(=O)C(Cc1ccc2ccccc2c1)NC(=O)C(C)(C)NC(=O)C(C)NC(=O)C(C)(C)N. The maximum Gasteiger partial charge on any atom is 0.245 e. The van der Waals surface area contributed by atoms with Crippen molar-refractivity contribution < 1.29 is 43.2 Å². The Morgan fingerprint density at radius 2 is 0.870 bits per heavy atom. The molecule has 0 saturated carbocycles. The molecular weight excluding hydrogens is 881 g/mol. The van der Waals surface area contributed by atoms with E-state index in [1.807, 2.05) is 36.4 Å². The molecule has 9 N–H and O–H groups in total. The summed E-state index contributed by atoms with van der Waals surface area (Å²) in [5, 5.41) is 20.4. The molecule has 0 saturated heterocycles. The van der Waals surface area contributed by atoms with Gasteiger partial charge in [-0.25, -0.2) is 0 Å². The maximum atomic E-state index is 14.4. The highest BCUT2D eigenvalue weighted by Crippen LogP contribution is 2.19. The molecule has 0 fully saturated rings. The van der Waals surface area contributed by atoms with Crippen LogP contribution in [0.4, 0.5) is 0 Å². The van der Waals surface area contributed by atoms with E-state index in [9.17, 15) is 43.2 Å². The molecule has 4 unspecified atom stereocenters. The average Bonchev–Trinajstić information content (AvgIpc) is 3.27. The highest BCUT2D eigenvalue weighted by atomic mass is 16.2. The Morgan fingerprint density at radius 1 is 0.464 bits per heavy atom. The monoisotopic (exact) mass is 946 g/mol. The summed E-state index contributed by atoms with van der Waals surface area (Å²) in [6.07, 6.45) is -0.161. The van der Waals surface area contributed by atoms with Gasteiger partial charge in [0.25, 0.3) is 0 Å². The molecular formula is C52H66N8O9. The molecule has 368 valence electrons. The first-order valence-electron chi connectivity index (χ1n) is 22.7. The number of Topliss-reactive ketones (excluding diaryl/α,β-unsaturated/α-hetero) is 1. The van der Waals surface area contributed by atoms with Crippen LogP contribution in [0.15, 0.2) is 97.1 Å². The van der Waals surface area contributed by atoms with Crippen LogP contribution in [0, 0.1) is 0 Å². The molecule has 0 aliphatic rings. The summed E-state index contributed by atoms with van der Waals surface area (Å²) in [7, 11) is 0. The number of amides is 7. The van der Waals surface area contributed by atoms with Gasteiger partial charge < -0.3 is 43.0 Å². The number of carbonyl (C=O) groups is 9. The van der Waals surface area contributed by atoms with Crippen LogP contribution < -0.4 is 43.0 Å². The number of hydrogen-bond acceptors (Lipinski definition) is 10. The van der Waals surface area contributed by atoms with Gasteiger partial charge in [0, 0.05) is 24.0 Å². The third kappa shape index (κ3) is 15.1. The largest absolute Gasteiger partial charge is 0.345 e. The first kappa shape index (κ1) is 54.3. The van der Waals surface area contributed by atoms with Crippen LogP contribution >= 0.6 is 0 Å². The summed E-state index contributed by atoms with van der Waals surface area (Å²) in [6, 6.07) is 23.7. The van der Waals surface area contributed by atoms with Gasteiger partial charge >= 0.3 is 0 Å². The summed E-state index contributed by atoms with van der Waals surface area (Å²) in [6.45, 7) is 15.8. The van der Waals surface area contributed by atoms with E-state index in [-0.39, 0.29) is 24.4 Å². The van der Waals surface area contributed by atoms with Crippen molar-refractivity contribution in [3.63, 3.8) is 0 Å². The lowest BCUT2D eigenvalue weighted by atomic mass is 9.96. The molecule has 0 aliphatic carbocycles. The second-order valence-corrected chi connectivity index (χ2v) is 19.6. The third-order valence-electron chi connectivity index (χ3n) is 11.5. The first-order valence-corrected chi connectivity index (χ1v) is 22.7. The Balaban J connectivity index is 1.61. The van der Waals surface area contributed by atoms with Crippen LogP contribution in [0.25, 0.3) is 10.8 Å². The van der Waals surface area contributed by atoms with E-state index in [2.05, 4.69) is 37.2 Å². The van der Waals surface area contributed by atoms with E-state index in [1.54, 1.807) is 60.7 Å². The highest BCUT2D eigenvalue weighted by Gasteiger charge is 2.40. The van der Waals surface area contributed by atoms with E-state index in [4.69, 9.17) is 5.73 Å². The molecule has 4 atom stereocenters. The Labute approximate surface area is 403 Å². The fraction of sp³-hybridized carbons (Fsp3) is 0.404. The molecule has 69 heavy (non-hydrogen) atoms.